The van der Waals surface area contributed by atoms with Gasteiger partial charge in [0.25, 0.3) is 0 Å². The van der Waals surface area contributed by atoms with Gasteiger partial charge in [0, 0.05) is 17.6 Å². The van der Waals surface area contributed by atoms with Crippen LogP contribution in [0.2, 0.25) is 0 Å². The number of anilines is 1. The van der Waals surface area contributed by atoms with Gasteiger partial charge in [0.1, 0.15) is 12.6 Å². The number of rotatable bonds is 12. The molecule has 0 aliphatic rings. The van der Waals surface area contributed by atoms with E-state index in [-0.39, 0.29) is 12.5 Å². The monoisotopic (exact) mass is 537 g/mol. The molecule has 2 amide bonds. The molecule has 0 aliphatic carbocycles. The van der Waals surface area contributed by atoms with Gasteiger partial charge >= 0.3 is 0 Å². The molecule has 0 saturated heterocycles. The number of unbranched alkanes of at least 4 members (excludes halogenated alkanes) is 1. The minimum absolute atomic E-state index is 0.251. The zero-order valence-corrected chi connectivity index (χ0v) is 21.7. The second kappa shape index (κ2) is 12.7. The summed E-state index contributed by atoms with van der Waals surface area (Å²) >= 11 is 3.33. The summed E-state index contributed by atoms with van der Waals surface area (Å²) in [5, 5.41) is 2.87. The Bertz CT molecular complexity index is 1010. The van der Waals surface area contributed by atoms with Crippen LogP contribution in [0.25, 0.3) is 0 Å². The molecule has 0 radical (unpaired) electrons. The number of carbonyl (C=O) groups is 2. The predicted molar refractivity (Wildman–Crippen MR) is 136 cm³/mol. The number of amides is 2. The molecule has 1 atom stereocenters. The molecule has 180 valence electrons. The van der Waals surface area contributed by atoms with E-state index in [0.29, 0.717) is 25.2 Å². The van der Waals surface area contributed by atoms with Crippen molar-refractivity contribution in [1.82, 2.24) is 10.2 Å². The molecule has 2 rings (SSSR count). The van der Waals surface area contributed by atoms with Crippen LogP contribution in [0, 0.1) is 0 Å². The molecule has 0 bridgehead atoms. The fourth-order valence-corrected chi connectivity index (χ4v) is 4.44. The van der Waals surface area contributed by atoms with Crippen molar-refractivity contribution in [2.24, 2.45) is 0 Å². The average molecular weight is 539 g/mol. The topological polar surface area (TPSA) is 86.8 Å². The first-order valence-electron chi connectivity index (χ1n) is 11.0. The smallest absolute Gasteiger partial charge is 0.244 e. The Morgan fingerprint density at radius 3 is 2.27 bits per heavy atom. The van der Waals surface area contributed by atoms with Gasteiger partial charge in [0.15, 0.2) is 0 Å². The molecule has 0 heterocycles. The first-order valence-corrected chi connectivity index (χ1v) is 13.6. The van der Waals surface area contributed by atoms with E-state index in [0.717, 1.165) is 33.4 Å². The van der Waals surface area contributed by atoms with Crippen LogP contribution in [-0.2, 0) is 26.0 Å². The maximum absolute atomic E-state index is 13.4. The van der Waals surface area contributed by atoms with Gasteiger partial charge in [-0.25, -0.2) is 8.42 Å². The summed E-state index contributed by atoms with van der Waals surface area (Å²) in [5.41, 5.74) is 1.42. The standard InChI is InChI=1S/C24H32BrN3O4S/c1-4-5-16-26-24(30)19(2)27(17-15-20-9-7-6-8-10-20)23(29)18-28(33(3,31)32)22-13-11-21(25)12-14-22/h6-14,19H,4-5,15-18H2,1-3H3,(H,26,30)/t19-/m1/s1. The summed E-state index contributed by atoms with van der Waals surface area (Å²) in [6, 6.07) is 15.6. The van der Waals surface area contributed by atoms with Gasteiger partial charge in [0.2, 0.25) is 21.8 Å². The molecular formula is C24H32BrN3O4S. The normalized spacial score (nSPS) is 12.1. The van der Waals surface area contributed by atoms with E-state index in [1.54, 1.807) is 31.2 Å². The zero-order valence-electron chi connectivity index (χ0n) is 19.3. The number of benzene rings is 2. The van der Waals surface area contributed by atoms with Gasteiger partial charge in [-0.3, -0.25) is 13.9 Å². The highest BCUT2D eigenvalue weighted by molar-refractivity contribution is 9.10. The third kappa shape index (κ3) is 8.47. The predicted octanol–water partition coefficient (Wildman–Crippen LogP) is 3.59. The van der Waals surface area contributed by atoms with E-state index in [9.17, 15) is 18.0 Å². The maximum atomic E-state index is 13.4. The van der Waals surface area contributed by atoms with Crippen LogP contribution in [0.5, 0.6) is 0 Å². The van der Waals surface area contributed by atoms with Gasteiger partial charge in [-0.2, -0.15) is 0 Å². The van der Waals surface area contributed by atoms with Gasteiger partial charge in [0.05, 0.1) is 11.9 Å². The summed E-state index contributed by atoms with van der Waals surface area (Å²) in [6.07, 6.45) is 3.41. The number of sulfonamides is 1. The molecule has 0 aliphatic heterocycles. The molecule has 7 nitrogen and oxygen atoms in total. The van der Waals surface area contributed by atoms with Crippen molar-refractivity contribution in [1.29, 1.82) is 0 Å². The number of halogens is 1. The van der Waals surface area contributed by atoms with Crippen LogP contribution < -0.4 is 9.62 Å². The Morgan fingerprint density at radius 2 is 1.70 bits per heavy atom. The van der Waals surface area contributed by atoms with Gasteiger partial charge in [-0.05, 0) is 49.6 Å². The summed E-state index contributed by atoms with van der Waals surface area (Å²) in [7, 11) is -3.72. The number of nitrogens with zero attached hydrogens (tertiary/aromatic N) is 2. The third-order valence-corrected chi connectivity index (χ3v) is 6.94. The maximum Gasteiger partial charge on any atom is 0.244 e. The Balaban J connectivity index is 2.25. The molecule has 2 aromatic carbocycles. The van der Waals surface area contributed by atoms with Gasteiger partial charge < -0.3 is 10.2 Å². The van der Waals surface area contributed by atoms with Crippen LogP contribution in [0.15, 0.2) is 59.1 Å². The summed E-state index contributed by atoms with van der Waals surface area (Å²) < 4.78 is 26.9. The van der Waals surface area contributed by atoms with Crippen LogP contribution in [-0.4, -0.2) is 57.1 Å². The van der Waals surface area contributed by atoms with E-state index in [1.165, 1.54) is 4.90 Å². The van der Waals surface area contributed by atoms with E-state index in [4.69, 9.17) is 0 Å². The molecule has 33 heavy (non-hydrogen) atoms. The van der Waals surface area contributed by atoms with Crippen LogP contribution in [0.3, 0.4) is 0 Å². The van der Waals surface area contributed by atoms with E-state index in [2.05, 4.69) is 21.2 Å². The average Bonchev–Trinajstić information content (AvgIpc) is 2.78. The first kappa shape index (κ1) is 26.9. The Morgan fingerprint density at radius 1 is 1.06 bits per heavy atom. The first-order chi connectivity index (χ1) is 15.6. The molecule has 0 fully saturated rings. The number of nitrogens with one attached hydrogen (secondary N) is 1. The minimum Gasteiger partial charge on any atom is -0.354 e. The highest BCUT2D eigenvalue weighted by Gasteiger charge is 2.29. The molecule has 9 heteroatoms. The van der Waals surface area contributed by atoms with E-state index < -0.39 is 22.0 Å². The highest BCUT2D eigenvalue weighted by Crippen LogP contribution is 2.21. The number of carbonyl (C=O) groups excluding carboxylic acids is 2. The van der Waals surface area contributed by atoms with Crippen molar-refractivity contribution in [3.05, 3.63) is 64.6 Å². The molecule has 0 saturated carbocycles. The second-order valence-electron chi connectivity index (χ2n) is 7.89. The summed E-state index contributed by atoms with van der Waals surface area (Å²) in [4.78, 5) is 27.6. The lowest BCUT2D eigenvalue weighted by molar-refractivity contribution is -0.138. The molecule has 2 aromatic rings. The molecule has 1 N–H and O–H groups in total. The lowest BCUT2D eigenvalue weighted by atomic mass is 10.1. The molecule has 0 spiro atoms. The van der Waals surface area contributed by atoms with Crippen molar-refractivity contribution in [2.75, 3.05) is 30.2 Å². The van der Waals surface area contributed by atoms with E-state index >= 15 is 0 Å². The Kier molecular flexibility index (Phi) is 10.4. The fourth-order valence-electron chi connectivity index (χ4n) is 3.33. The van der Waals surface area contributed by atoms with Crippen LogP contribution in [0.4, 0.5) is 5.69 Å². The Labute approximate surface area is 205 Å². The zero-order chi connectivity index (χ0) is 24.4. The molecular weight excluding hydrogens is 506 g/mol. The quantitative estimate of drug-likeness (QED) is 0.419. The van der Waals surface area contributed by atoms with Gasteiger partial charge in [-0.1, -0.05) is 59.6 Å². The van der Waals surface area contributed by atoms with Crippen molar-refractivity contribution >= 4 is 43.5 Å². The highest BCUT2D eigenvalue weighted by atomic mass is 79.9. The van der Waals surface area contributed by atoms with Crippen molar-refractivity contribution in [2.45, 2.75) is 39.2 Å². The fraction of sp³-hybridized carbons (Fsp3) is 0.417. The van der Waals surface area contributed by atoms with Crippen molar-refractivity contribution < 1.29 is 18.0 Å². The summed E-state index contributed by atoms with van der Waals surface area (Å²) in [5.74, 6) is -0.683. The third-order valence-electron chi connectivity index (χ3n) is 5.27. The van der Waals surface area contributed by atoms with Crippen molar-refractivity contribution in [3.8, 4) is 0 Å². The van der Waals surface area contributed by atoms with Gasteiger partial charge in [-0.15, -0.1) is 0 Å². The minimum atomic E-state index is -3.72. The molecule has 0 aromatic heterocycles. The lowest BCUT2D eigenvalue weighted by Gasteiger charge is -2.31. The van der Waals surface area contributed by atoms with Crippen molar-refractivity contribution in [3.63, 3.8) is 0 Å². The largest absolute Gasteiger partial charge is 0.354 e. The van der Waals surface area contributed by atoms with Crippen LogP contribution >= 0.6 is 15.9 Å². The number of hydrogen-bond donors (Lipinski definition) is 1. The SMILES string of the molecule is CCCCNC(=O)[C@@H](C)N(CCc1ccccc1)C(=O)CN(c1ccc(Br)cc1)S(C)(=O)=O. The van der Waals surface area contributed by atoms with E-state index in [1.807, 2.05) is 37.3 Å². The van der Waals surface area contributed by atoms with Crippen LogP contribution in [0.1, 0.15) is 32.3 Å². The lowest BCUT2D eigenvalue weighted by Crippen LogP contribution is -2.52. The molecule has 0 unspecified atom stereocenters. The Hall–Kier alpha value is -2.39. The number of hydrogen-bond acceptors (Lipinski definition) is 4. The second-order valence-corrected chi connectivity index (χ2v) is 10.7. The summed E-state index contributed by atoms with van der Waals surface area (Å²) in [6.45, 7) is 4.15.